The van der Waals surface area contributed by atoms with Crippen LogP contribution in [0.25, 0.3) is 0 Å². The van der Waals surface area contributed by atoms with Gasteiger partial charge in [-0.2, -0.15) is 0 Å². The number of carboxylic acids is 1. The predicted octanol–water partition coefficient (Wildman–Crippen LogP) is 1.66. The van der Waals surface area contributed by atoms with Crippen LogP contribution in [-0.2, 0) is 14.3 Å². The summed E-state index contributed by atoms with van der Waals surface area (Å²) in [5.41, 5.74) is -0.306. The molecule has 1 saturated heterocycles. The van der Waals surface area contributed by atoms with Crippen molar-refractivity contribution < 1.29 is 19.4 Å². The van der Waals surface area contributed by atoms with Crippen molar-refractivity contribution in [3.05, 3.63) is 0 Å². The van der Waals surface area contributed by atoms with Crippen molar-refractivity contribution in [1.29, 1.82) is 0 Å². The van der Waals surface area contributed by atoms with E-state index in [0.29, 0.717) is 32.7 Å². The Bertz CT molecular complexity index is 330. The Morgan fingerprint density at radius 3 is 2.26 bits per heavy atom. The molecule has 0 aromatic carbocycles. The number of morpholine rings is 1. The first-order chi connectivity index (χ1) is 9.11. The van der Waals surface area contributed by atoms with Crippen molar-refractivity contribution in [2.45, 2.75) is 44.9 Å². The molecule has 19 heavy (non-hydrogen) atoms. The number of aliphatic carboxylic acids is 1. The summed E-state index contributed by atoms with van der Waals surface area (Å²) in [4.78, 5) is 25.2. The molecule has 2 rings (SSSR count). The summed E-state index contributed by atoms with van der Waals surface area (Å²) in [5.74, 6) is -0.678. The van der Waals surface area contributed by atoms with Crippen LogP contribution in [-0.4, -0.2) is 48.2 Å². The summed E-state index contributed by atoms with van der Waals surface area (Å²) in [6.45, 7) is 2.47. The lowest BCUT2D eigenvalue weighted by Crippen LogP contribution is -2.43. The Morgan fingerprint density at radius 1 is 1.05 bits per heavy atom. The second kappa shape index (κ2) is 6.37. The predicted molar refractivity (Wildman–Crippen MR) is 69.8 cm³/mol. The number of rotatable bonds is 4. The van der Waals surface area contributed by atoms with Crippen molar-refractivity contribution >= 4 is 11.9 Å². The molecule has 1 aliphatic carbocycles. The molecule has 1 aliphatic heterocycles. The minimum absolute atomic E-state index is 0.103. The Kier molecular flexibility index (Phi) is 4.80. The second-order valence-electron chi connectivity index (χ2n) is 5.80. The number of carboxylic acid groups (broad SMARTS) is 1. The molecule has 0 unspecified atom stereocenters. The Hall–Kier alpha value is -1.10. The lowest BCUT2D eigenvalue weighted by Gasteiger charge is -2.38. The van der Waals surface area contributed by atoms with Crippen LogP contribution in [0.1, 0.15) is 44.9 Å². The van der Waals surface area contributed by atoms with Crippen molar-refractivity contribution in [3.63, 3.8) is 0 Å². The van der Waals surface area contributed by atoms with Gasteiger partial charge < -0.3 is 14.7 Å². The second-order valence-corrected chi connectivity index (χ2v) is 5.80. The maximum absolute atomic E-state index is 12.3. The third kappa shape index (κ3) is 3.93. The van der Waals surface area contributed by atoms with E-state index in [1.807, 2.05) is 4.90 Å². The Labute approximate surface area is 113 Å². The quantitative estimate of drug-likeness (QED) is 0.843. The SMILES string of the molecule is O=C(O)CC1(CC(=O)N2CCOCC2)CCCCC1. The standard InChI is InChI=1S/C14H23NO4/c16-12(15-6-8-19-9-7-15)10-14(11-13(17)18)4-2-1-3-5-14/h1-11H2,(H,17,18). The van der Waals surface area contributed by atoms with Crippen LogP contribution in [0.3, 0.4) is 0 Å². The first-order valence-electron chi connectivity index (χ1n) is 7.19. The molecule has 0 atom stereocenters. The number of nitrogens with zero attached hydrogens (tertiary/aromatic N) is 1. The molecule has 0 radical (unpaired) electrons. The molecule has 1 saturated carbocycles. The summed E-state index contributed by atoms with van der Waals surface area (Å²) < 4.78 is 5.24. The van der Waals surface area contributed by atoms with Crippen LogP contribution in [0.15, 0.2) is 0 Å². The molecular formula is C14H23NO4. The summed E-state index contributed by atoms with van der Waals surface area (Å²) in [5, 5.41) is 9.11. The fourth-order valence-electron chi connectivity index (χ4n) is 3.28. The highest BCUT2D eigenvalue weighted by Gasteiger charge is 2.37. The molecule has 0 aromatic rings. The van der Waals surface area contributed by atoms with Gasteiger partial charge in [-0.05, 0) is 18.3 Å². The lowest BCUT2D eigenvalue weighted by atomic mass is 9.69. The largest absolute Gasteiger partial charge is 0.481 e. The highest BCUT2D eigenvalue weighted by molar-refractivity contribution is 5.78. The van der Waals surface area contributed by atoms with Crippen molar-refractivity contribution in [3.8, 4) is 0 Å². The van der Waals surface area contributed by atoms with Gasteiger partial charge in [0.05, 0.1) is 19.6 Å². The number of carbonyl (C=O) groups is 2. The van der Waals surface area contributed by atoms with E-state index < -0.39 is 5.97 Å². The van der Waals surface area contributed by atoms with Crippen LogP contribution in [0.2, 0.25) is 0 Å². The van der Waals surface area contributed by atoms with E-state index in [9.17, 15) is 9.59 Å². The maximum atomic E-state index is 12.3. The fourth-order valence-corrected chi connectivity index (χ4v) is 3.28. The molecule has 5 nitrogen and oxygen atoms in total. The van der Waals surface area contributed by atoms with Gasteiger partial charge in [-0.15, -0.1) is 0 Å². The summed E-state index contributed by atoms with van der Waals surface area (Å²) in [7, 11) is 0. The maximum Gasteiger partial charge on any atom is 0.303 e. The molecule has 2 aliphatic rings. The normalized spacial score (nSPS) is 23.1. The number of hydrogen-bond acceptors (Lipinski definition) is 3. The molecule has 0 bridgehead atoms. The summed E-state index contributed by atoms with van der Waals surface area (Å²) in [6.07, 6.45) is 5.51. The minimum atomic E-state index is -0.781. The van der Waals surface area contributed by atoms with E-state index in [-0.39, 0.29) is 17.7 Å². The van der Waals surface area contributed by atoms with Gasteiger partial charge in [-0.3, -0.25) is 9.59 Å². The first-order valence-corrected chi connectivity index (χ1v) is 7.19. The topological polar surface area (TPSA) is 66.8 Å². The van der Waals surface area contributed by atoms with Gasteiger partial charge in [0.15, 0.2) is 0 Å². The van der Waals surface area contributed by atoms with E-state index in [0.717, 1.165) is 32.1 Å². The zero-order valence-corrected chi connectivity index (χ0v) is 11.4. The molecule has 0 aromatic heterocycles. The van der Waals surface area contributed by atoms with Crippen LogP contribution in [0.4, 0.5) is 0 Å². The zero-order valence-electron chi connectivity index (χ0n) is 11.4. The van der Waals surface area contributed by atoms with Gasteiger partial charge >= 0.3 is 5.97 Å². The average Bonchev–Trinajstić information content (AvgIpc) is 2.39. The van der Waals surface area contributed by atoms with E-state index in [1.165, 1.54) is 0 Å². The number of hydrogen-bond donors (Lipinski definition) is 1. The van der Waals surface area contributed by atoms with Crippen LogP contribution in [0, 0.1) is 5.41 Å². The Balaban J connectivity index is 1.98. The minimum Gasteiger partial charge on any atom is -0.481 e. The van der Waals surface area contributed by atoms with Gasteiger partial charge in [0, 0.05) is 19.5 Å². The number of carbonyl (C=O) groups excluding carboxylic acids is 1. The molecule has 5 heteroatoms. The van der Waals surface area contributed by atoms with Crippen LogP contribution in [0.5, 0.6) is 0 Å². The monoisotopic (exact) mass is 269 g/mol. The van der Waals surface area contributed by atoms with E-state index in [4.69, 9.17) is 9.84 Å². The van der Waals surface area contributed by atoms with Gasteiger partial charge in [0.2, 0.25) is 5.91 Å². The van der Waals surface area contributed by atoms with Gasteiger partial charge in [0.25, 0.3) is 0 Å². The van der Waals surface area contributed by atoms with Gasteiger partial charge in [0.1, 0.15) is 0 Å². The van der Waals surface area contributed by atoms with Gasteiger partial charge in [-0.1, -0.05) is 19.3 Å². The van der Waals surface area contributed by atoms with Crippen LogP contribution >= 0.6 is 0 Å². The van der Waals surface area contributed by atoms with Gasteiger partial charge in [-0.25, -0.2) is 0 Å². The summed E-state index contributed by atoms with van der Waals surface area (Å²) in [6, 6.07) is 0. The smallest absolute Gasteiger partial charge is 0.303 e. The van der Waals surface area contributed by atoms with E-state index in [1.54, 1.807) is 0 Å². The first kappa shape index (κ1) is 14.3. The zero-order chi connectivity index (χ0) is 13.7. The van der Waals surface area contributed by atoms with E-state index in [2.05, 4.69) is 0 Å². The highest BCUT2D eigenvalue weighted by Crippen LogP contribution is 2.42. The molecule has 2 fully saturated rings. The molecule has 1 heterocycles. The molecule has 1 N–H and O–H groups in total. The lowest BCUT2D eigenvalue weighted by molar-refractivity contribution is -0.144. The average molecular weight is 269 g/mol. The highest BCUT2D eigenvalue weighted by atomic mass is 16.5. The summed E-state index contributed by atoms with van der Waals surface area (Å²) >= 11 is 0. The van der Waals surface area contributed by atoms with Crippen molar-refractivity contribution in [2.24, 2.45) is 5.41 Å². The fraction of sp³-hybridized carbons (Fsp3) is 0.857. The third-order valence-electron chi connectivity index (χ3n) is 4.33. The third-order valence-corrected chi connectivity index (χ3v) is 4.33. The molecule has 0 spiro atoms. The number of amides is 1. The number of ether oxygens (including phenoxy) is 1. The molecular weight excluding hydrogens is 246 g/mol. The van der Waals surface area contributed by atoms with Crippen molar-refractivity contribution in [2.75, 3.05) is 26.3 Å². The van der Waals surface area contributed by atoms with Crippen molar-refractivity contribution in [1.82, 2.24) is 4.90 Å². The Morgan fingerprint density at radius 2 is 1.68 bits per heavy atom. The van der Waals surface area contributed by atoms with Crippen LogP contribution < -0.4 is 0 Å². The molecule has 1 amide bonds. The molecule has 108 valence electrons. The van der Waals surface area contributed by atoms with E-state index >= 15 is 0 Å².